The van der Waals surface area contributed by atoms with Crippen molar-refractivity contribution in [2.24, 2.45) is 0 Å². The number of carbonyl (C=O) groups excluding carboxylic acids is 1. The van der Waals surface area contributed by atoms with Crippen molar-refractivity contribution in [3.05, 3.63) is 27.6 Å². The van der Waals surface area contributed by atoms with E-state index in [-0.39, 0.29) is 28.4 Å². The Labute approximate surface area is 114 Å². The third-order valence-electron chi connectivity index (χ3n) is 2.51. The lowest BCUT2D eigenvalue weighted by atomic mass is 10.5. The van der Waals surface area contributed by atoms with E-state index >= 15 is 0 Å². The molecule has 1 fully saturated rings. The predicted molar refractivity (Wildman–Crippen MR) is 68.4 cm³/mol. The molecule has 1 aliphatic carbocycles. The van der Waals surface area contributed by atoms with Crippen LogP contribution in [0.1, 0.15) is 12.8 Å². The summed E-state index contributed by atoms with van der Waals surface area (Å²) < 4.78 is 25.8. The van der Waals surface area contributed by atoms with Crippen molar-refractivity contribution >= 4 is 27.5 Å². The fourth-order valence-corrected chi connectivity index (χ4v) is 2.55. The van der Waals surface area contributed by atoms with Gasteiger partial charge in [0, 0.05) is 12.2 Å². The van der Waals surface area contributed by atoms with E-state index in [1.165, 1.54) is 0 Å². The molecule has 0 bridgehead atoms. The Morgan fingerprint density at radius 1 is 1.47 bits per heavy atom. The third kappa shape index (κ3) is 3.79. The molecule has 1 heterocycles. The van der Waals surface area contributed by atoms with Crippen molar-refractivity contribution in [3.63, 3.8) is 0 Å². The highest BCUT2D eigenvalue weighted by molar-refractivity contribution is 7.89. The van der Waals surface area contributed by atoms with Crippen LogP contribution < -0.4 is 15.6 Å². The second-order valence-electron chi connectivity index (χ2n) is 4.18. The molecule has 0 radical (unpaired) electrons. The standard InChI is InChI=1S/C10H12ClN3O4S/c11-8-3-7(4-12-10(8)16)19(17,18)13-5-9(15)14-6-1-2-6/h3-4,6,13H,1-2,5H2,(H,12,16)(H,14,15). The van der Waals surface area contributed by atoms with Crippen molar-refractivity contribution in [1.29, 1.82) is 0 Å². The summed E-state index contributed by atoms with van der Waals surface area (Å²) in [6.07, 6.45) is 2.87. The van der Waals surface area contributed by atoms with Gasteiger partial charge < -0.3 is 10.3 Å². The van der Waals surface area contributed by atoms with Crippen LogP contribution in [0.5, 0.6) is 0 Å². The van der Waals surface area contributed by atoms with E-state index in [0.29, 0.717) is 0 Å². The maximum Gasteiger partial charge on any atom is 0.266 e. The van der Waals surface area contributed by atoms with Gasteiger partial charge in [-0.2, -0.15) is 0 Å². The highest BCUT2D eigenvalue weighted by Gasteiger charge is 2.24. The molecule has 7 nitrogen and oxygen atoms in total. The molecule has 0 spiro atoms. The number of pyridine rings is 1. The number of hydrogen-bond donors (Lipinski definition) is 3. The summed E-state index contributed by atoms with van der Waals surface area (Å²) in [5.41, 5.74) is -0.577. The molecular weight excluding hydrogens is 294 g/mol. The second-order valence-corrected chi connectivity index (χ2v) is 6.35. The molecule has 1 aliphatic rings. The highest BCUT2D eigenvalue weighted by atomic mass is 35.5. The number of aromatic amines is 1. The summed E-state index contributed by atoms with van der Waals surface area (Å²) in [6, 6.07) is 1.20. The van der Waals surface area contributed by atoms with Crippen LogP contribution in [0.25, 0.3) is 0 Å². The zero-order chi connectivity index (χ0) is 14.0. The summed E-state index contributed by atoms with van der Waals surface area (Å²) >= 11 is 5.54. The smallest absolute Gasteiger partial charge is 0.266 e. The van der Waals surface area contributed by atoms with Crippen molar-refractivity contribution in [3.8, 4) is 0 Å². The zero-order valence-corrected chi connectivity index (χ0v) is 11.3. The van der Waals surface area contributed by atoms with Crippen molar-refractivity contribution in [2.75, 3.05) is 6.54 Å². The molecule has 1 aromatic rings. The lowest BCUT2D eigenvalue weighted by molar-refractivity contribution is -0.120. The summed E-state index contributed by atoms with van der Waals surface area (Å²) in [7, 11) is -3.88. The number of rotatable bonds is 5. The Bertz CT molecular complexity index is 651. The fraction of sp³-hybridized carbons (Fsp3) is 0.400. The number of halogens is 1. The van der Waals surface area contributed by atoms with E-state index in [1.54, 1.807) is 0 Å². The predicted octanol–water partition coefficient (Wildman–Crippen LogP) is -0.415. The summed E-state index contributed by atoms with van der Waals surface area (Å²) in [5.74, 6) is -0.387. The van der Waals surface area contributed by atoms with E-state index in [9.17, 15) is 18.0 Å². The van der Waals surface area contributed by atoms with Gasteiger partial charge in [-0.3, -0.25) is 9.59 Å². The molecule has 1 saturated carbocycles. The van der Waals surface area contributed by atoms with Gasteiger partial charge in [0.1, 0.15) is 5.02 Å². The van der Waals surface area contributed by atoms with Crippen LogP contribution in [0, 0.1) is 0 Å². The maximum atomic E-state index is 11.8. The molecular formula is C10H12ClN3O4S. The Balaban J connectivity index is 2.02. The molecule has 104 valence electrons. The monoisotopic (exact) mass is 305 g/mol. The summed E-state index contributed by atoms with van der Waals surface area (Å²) in [5, 5.41) is 2.42. The SMILES string of the molecule is O=C(CNS(=O)(=O)c1c[nH]c(=O)c(Cl)c1)NC1CC1. The lowest BCUT2D eigenvalue weighted by Gasteiger charge is -2.07. The van der Waals surface area contributed by atoms with Gasteiger partial charge in [0.15, 0.2) is 0 Å². The third-order valence-corrected chi connectivity index (χ3v) is 4.17. The zero-order valence-electron chi connectivity index (χ0n) is 9.77. The van der Waals surface area contributed by atoms with Crippen LogP contribution in [0.15, 0.2) is 22.0 Å². The average molecular weight is 306 g/mol. The molecule has 1 amide bonds. The van der Waals surface area contributed by atoms with Gasteiger partial charge in [-0.25, -0.2) is 13.1 Å². The molecule has 1 aromatic heterocycles. The molecule has 2 rings (SSSR count). The van der Waals surface area contributed by atoms with Gasteiger partial charge >= 0.3 is 0 Å². The van der Waals surface area contributed by atoms with Gasteiger partial charge in [-0.1, -0.05) is 11.6 Å². The van der Waals surface area contributed by atoms with Crippen molar-refractivity contribution in [2.45, 2.75) is 23.8 Å². The Morgan fingerprint density at radius 3 is 2.74 bits per heavy atom. The first-order valence-electron chi connectivity index (χ1n) is 5.56. The Hall–Kier alpha value is -1.38. The Morgan fingerprint density at radius 2 is 2.16 bits per heavy atom. The molecule has 3 N–H and O–H groups in total. The fourth-order valence-electron chi connectivity index (χ4n) is 1.34. The van der Waals surface area contributed by atoms with Crippen molar-refractivity contribution in [1.82, 2.24) is 15.0 Å². The lowest BCUT2D eigenvalue weighted by Crippen LogP contribution is -2.37. The number of amides is 1. The first kappa shape index (κ1) is 14.0. The highest BCUT2D eigenvalue weighted by Crippen LogP contribution is 2.18. The van der Waals surface area contributed by atoms with Gasteiger partial charge in [0.25, 0.3) is 5.56 Å². The minimum absolute atomic E-state index is 0.166. The number of carbonyl (C=O) groups is 1. The first-order chi connectivity index (χ1) is 8.88. The van der Waals surface area contributed by atoms with E-state index in [4.69, 9.17) is 11.6 Å². The normalized spacial score (nSPS) is 15.2. The maximum absolute atomic E-state index is 11.8. The minimum atomic E-state index is -3.88. The van der Waals surface area contributed by atoms with E-state index in [1.807, 2.05) is 0 Å². The summed E-state index contributed by atoms with van der Waals surface area (Å²) in [6.45, 7) is -0.352. The molecule has 0 aliphatic heterocycles. The van der Waals surface area contributed by atoms with Gasteiger partial charge in [0.05, 0.1) is 11.4 Å². The number of nitrogens with one attached hydrogen (secondary N) is 3. The number of aromatic nitrogens is 1. The Kier molecular flexibility index (Phi) is 3.93. The van der Waals surface area contributed by atoms with E-state index in [2.05, 4.69) is 15.0 Å². The van der Waals surface area contributed by atoms with Crippen molar-refractivity contribution < 1.29 is 13.2 Å². The van der Waals surface area contributed by atoms with Crippen LogP contribution in [-0.2, 0) is 14.8 Å². The van der Waals surface area contributed by atoms with Crippen LogP contribution >= 0.6 is 11.6 Å². The summed E-state index contributed by atoms with van der Waals surface area (Å²) in [4.78, 5) is 24.4. The number of sulfonamides is 1. The quantitative estimate of drug-likeness (QED) is 0.687. The number of H-pyrrole nitrogens is 1. The topological polar surface area (TPSA) is 108 Å². The van der Waals surface area contributed by atoms with Crippen LogP contribution in [0.4, 0.5) is 0 Å². The molecule has 9 heteroatoms. The molecule has 0 saturated heterocycles. The van der Waals surface area contributed by atoms with Gasteiger partial charge in [0.2, 0.25) is 15.9 Å². The minimum Gasteiger partial charge on any atom is -0.352 e. The van der Waals surface area contributed by atoms with Gasteiger partial charge in [-0.05, 0) is 18.9 Å². The first-order valence-corrected chi connectivity index (χ1v) is 7.42. The second kappa shape index (κ2) is 5.32. The largest absolute Gasteiger partial charge is 0.352 e. The van der Waals surface area contributed by atoms with Gasteiger partial charge in [-0.15, -0.1) is 0 Å². The molecule has 19 heavy (non-hydrogen) atoms. The van der Waals surface area contributed by atoms with E-state index < -0.39 is 15.6 Å². The number of hydrogen-bond acceptors (Lipinski definition) is 4. The van der Waals surface area contributed by atoms with Crippen LogP contribution in [0.2, 0.25) is 5.02 Å². The molecule has 0 unspecified atom stereocenters. The average Bonchev–Trinajstić information content (AvgIpc) is 3.14. The molecule has 0 atom stereocenters. The van der Waals surface area contributed by atoms with Crippen LogP contribution in [-0.4, -0.2) is 31.9 Å². The van der Waals surface area contributed by atoms with Crippen LogP contribution in [0.3, 0.4) is 0 Å². The van der Waals surface area contributed by atoms with E-state index in [0.717, 1.165) is 25.1 Å². The molecule has 0 aromatic carbocycles.